The molecule has 1 atom stereocenters. The van der Waals surface area contributed by atoms with Gasteiger partial charge in [0.1, 0.15) is 17.3 Å². The summed E-state index contributed by atoms with van der Waals surface area (Å²) in [5, 5.41) is 11.4. The lowest BCUT2D eigenvalue weighted by molar-refractivity contribution is -0.115. The van der Waals surface area contributed by atoms with Gasteiger partial charge < -0.3 is 19.4 Å². The van der Waals surface area contributed by atoms with Crippen molar-refractivity contribution < 1.29 is 14.3 Å². The molecule has 25 heavy (non-hydrogen) atoms. The van der Waals surface area contributed by atoms with Crippen molar-refractivity contribution in [2.45, 2.75) is 30.8 Å². The zero-order chi connectivity index (χ0) is 18.4. The maximum atomic E-state index is 12.5. The largest absolute Gasteiger partial charge is 0.497 e. The van der Waals surface area contributed by atoms with E-state index < -0.39 is 0 Å². The fourth-order valence-electron chi connectivity index (χ4n) is 2.12. The molecular weight excluding hydrogens is 340 g/mol. The number of methoxy groups -OCH3 is 2. The Hall–Kier alpha value is -2.48. The molecule has 0 aliphatic heterocycles. The first-order valence-corrected chi connectivity index (χ1v) is 8.57. The fourth-order valence-corrected chi connectivity index (χ4v) is 3.03. The SMILES string of the molecule is C=CCn1c(C)nnc1SC(C)C(=O)Nc1cc(OC)cc(OC)c1. The summed E-state index contributed by atoms with van der Waals surface area (Å²) in [5.74, 6) is 1.85. The Morgan fingerprint density at radius 2 is 1.96 bits per heavy atom. The maximum Gasteiger partial charge on any atom is 0.237 e. The number of nitrogens with zero attached hydrogens (tertiary/aromatic N) is 3. The van der Waals surface area contributed by atoms with E-state index in [9.17, 15) is 4.79 Å². The lowest BCUT2D eigenvalue weighted by Crippen LogP contribution is -2.23. The average molecular weight is 362 g/mol. The first-order chi connectivity index (χ1) is 12.0. The molecule has 0 spiro atoms. The zero-order valence-electron chi connectivity index (χ0n) is 14.8. The molecule has 1 amide bonds. The number of hydrogen-bond donors (Lipinski definition) is 1. The molecule has 0 fully saturated rings. The first kappa shape index (κ1) is 18.9. The number of rotatable bonds is 8. The van der Waals surface area contributed by atoms with Crippen LogP contribution in [0.15, 0.2) is 36.0 Å². The van der Waals surface area contributed by atoms with Crippen LogP contribution in [0.1, 0.15) is 12.7 Å². The van der Waals surface area contributed by atoms with Gasteiger partial charge in [-0.05, 0) is 13.8 Å². The highest BCUT2D eigenvalue weighted by atomic mass is 32.2. The van der Waals surface area contributed by atoms with E-state index in [0.717, 1.165) is 5.82 Å². The normalized spacial score (nSPS) is 11.7. The van der Waals surface area contributed by atoms with Crippen LogP contribution in [0.4, 0.5) is 5.69 Å². The molecule has 1 N–H and O–H groups in total. The lowest BCUT2D eigenvalue weighted by atomic mass is 10.2. The number of benzene rings is 1. The molecule has 0 saturated carbocycles. The Morgan fingerprint density at radius 1 is 1.32 bits per heavy atom. The summed E-state index contributed by atoms with van der Waals surface area (Å²) in [6.07, 6.45) is 1.77. The van der Waals surface area contributed by atoms with Gasteiger partial charge in [0.05, 0.1) is 19.5 Å². The van der Waals surface area contributed by atoms with Gasteiger partial charge in [0.25, 0.3) is 0 Å². The molecule has 2 rings (SSSR count). The van der Waals surface area contributed by atoms with Crippen molar-refractivity contribution in [3.63, 3.8) is 0 Å². The van der Waals surface area contributed by atoms with E-state index >= 15 is 0 Å². The third kappa shape index (κ3) is 4.76. The average Bonchev–Trinajstić information content (AvgIpc) is 2.94. The van der Waals surface area contributed by atoms with Crippen molar-refractivity contribution in [2.75, 3.05) is 19.5 Å². The Balaban J connectivity index is 2.09. The van der Waals surface area contributed by atoms with E-state index in [1.165, 1.54) is 11.8 Å². The molecule has 0 bridgehead atoms. The molecule has 7 nitrogen and oxygen atoms in total. The Morgan fingerprint density at radius 3 is 2.52 bits per heavy atom. The second kappa shape index (κ2) is 8.57. The Labute approximate surface area is 151 Å². The number of carbonyl (C=O) groups is 1. The number of nitrogens with one attached hydrogen (secondary N) is 1. The molecule has 8 heteroatoms. The zero-order valence-corrected chi connectivity index (χ0v) is 15.6. The smallest absolute Gasteiger partial charge is 0.237 e. The highest BCUT2D eigenvalue weighted by molar-refractivity contribution is 8.00. The number of ether oxygens (including phenoxy) is 2. The fraction of sp³-hybridized carbons (Fsp3) is 0.353. The third-order valence-electron chi connectivity index (χ3n) is 3.48. The highest BCUT2D eigenvalue weighted by Gasteiger charge is 2.19. The van der Waals surface area contributed by atoms with Crippen molar-refractivity contribution in [1.82, 2.24) is 14.8 Å². The molecular formula is C17H22N4O3S. The third-order valence-corrected chi connectivity index (χ3v) is 4.56. The van der Waals surface area contributed by atoms with Gasteiger partial charge in [0.15, 0.2) is 5.16 Å². The van der Waals surface area contributed by atoms with Gasteiger partial charge in [-0.2, -0.15) is 0 Å². The van der Waals surface area contributed by atoms with E-state index in [2.05, 4.69) is 22.1 Å². The van der Waals surface area contributed by atoms with E-state index in [1.807, 2.05) is 18.4 Å². The summed E-state index contributed by atoms with van der Waals surface area (Å²) in [6, 6.07) is 5.22. The monoisotopic (exact) mass is 362 g/mol. The van der Waals surface area contributed by atoms with E-state index in [-0.39, 0.29) is 11.2 Å². The standard InChI is InChI=1S/C17H22N4O3S/c1-6-7-21-12(3)19-20-17(21)25-11(2)16(22)18-13-8-14(23-4)10-15(9-13)24-5/h6,8-11H,1,7H2,2-5H3,(H,18,22). The van der Waals surface area contributed by atoms with Crippen LogP contribution in [0.25, 0.3) is 0 Å². The van der Waals surface area contributed by atoms with Gasteiger partial charge in [0.2, 0.25) is 5.91 Å². The molecule has 0 saturated heterocycles. The molecule has 2 aromatic rings. The second-order valence-electron chi connectivity index (χ2n) is 5.28. The second-order valence-corrected chi connectivity index (χ2v) is 6.59. The predicted molar refractivity (Wildman–Crippen MR) is 98.5 cm³/mol. The molecule has 1 aromatic heterocycles. The maximum absolute atomic E-state index is 12.5. The van der Waals surface area contributed by atoms with E-state index in [1.54, 1.807) is 38.5 Å². The Kier molecular flexibility index (Phi) is 6.46. The number of allylic oxidation sites excluding steroid dienone is 1. The van der Waals surface area contributed by atoms with Crippen LogP contribution in [0, 0.1) is 6.92 Å². The summed E-state index contributed by atoms with van der Waals surface area (Å²) in [6.45, 7) is 8.02. The van der Waals surface area contributed by atoms with Crippen LogP contribution in [-0.4, -0.2) is 40.1 Å². The van der Waals surface area contributed by atoms with Crippen LogP contribution in [0.2, 0.25) is 0 Å². The minimum Gasteiger partial charge on any atom is -0.497 e. The summed E-state index contributed by atoms with van der Waals surface area (Å²) < 4.78 is 12.3. The van der Waals surface area contributed by atoms with Crippen molar-refractivity contribution in [3.8, 4) is 11.5 Å². The van der Waals surface area contributed by atoms with Crippen LogP contribution in [0.3, 0.4) is 0 Å². The number of aryl methyl sites for hydroxylation is 1. The minimum atomic E-state index is -0.357. The number of aromatic nitrogens is 3. The van der Waals surface area contributed by atoms with E-state index in [0.29, 0.717) is 28.9 Å². The van der Waals surface area contributed by atoms with E-state index in [4.69, 9.17) is 9.47 Å². The molecule has 1 heterocycles. The summed E-state index contributed by atoms with van der Waals surface area (Å²) in [5.41, 5.74) is 0.609. The van der Waals surface area contributed by atoms with Gasteiger partial charge in [0, 0.05) is 30.4 Å². The van der Waals surface area contributed by atoms with Gasteiger partial charge in [-0.3, -0.25) is 4.79 Å². The van der Waals surface area contributed by atoms with Gasteiger partial charge in [-0.15, -0.1) is 16.8 Å². The molecule has 134 valence electrons. The number of carbonyl (C=O) groups excluding carboxylic acids is 1. The van der Waals surface area contributed by atoms with Gasteiger partial charge >= 0.3 is 0 Å². The van der Waals surface area contributed by atoms with Crippen molar-refractivity contribution in [1.29, 1.82) is 0 Å². The number of hydrogen-bond acceptors (Lipinski definition) is 6. The summed E-state index contributed by atoms with van der Waals surface area (Å²) in [4.78, 5) is 12.5. The first-order valence-electron chi connectivity index (χ1n) is 7.69. The predicted octanol–water partition coefficient (Wildman–Crippen LogP) is 2.91. The molecule has 0 radical (unpaired) electrons. The van der Waals surface area contributed by atoms with Crippen LogP contribution in [0.5, 0.6) is 11.5 Å². The summed E-state index contributed by atoms with van der Waals surface area (Å²) in [7, 11) is 3.13. The molecule has 1 aromatic carbocycles. The van der Waals surface area contributed by atoms with Crippen molar-refractivity contribution in [3.05, 3.63) is 36.7 Å². The van der Waals surface area contributed by atoms with Crippen molar-refractivity contribution >= 4 is 23.4 Å². The Bertz CT molecular complexity index is 738. The van der Waals surface area contributed by atoms with Gasteiger partial charge in [-0.25, -0.2) is 0 Å². The number of amides is 1. The number of thioether (sulfide) groups is 1. The molecule has 1 unspecified atom stereocenters. The van der Waals surface area contributed by atoms with Crippen LogP contribution < -0.4 is 14.8 Å². The van der Waals surface area contributed by atoms with Crippen LogP contribution >= 0.6 is 11.8 Å². The quantitative estimate of drug-likeness (QED) is 0.575. The molecule has 0 aliphatic carbocycles. The highest BCUT2D eigenvalue weighted by Crippen LogP contribution is 2.27. The molecule has 0 aliphatic rings. The number of anilines is 1. The lowest BCUT2D eigenvalue weighted by Gasteiger charge is -2.14. The van der Waals surface area contributed by atoms with Gasteiger partial charge in [-0.1, -0.05) is 17.8 Å². The van der Waals surface area contributed by atoms with Crippen LogP contribution in [-0.2, 0) is 11.3 Å². The van der Waals surface area contributed by atoms with Crippen molar-refractivity contribution in [2.24, 2.45) is 0 Å². The topological polar surface area (TPSA) is 78.3 Å². The minimum absolute atomic E-state index is 0.147. The summed E-state index contributed by atoms with van der Waals surface area (Å²) >= 11 is 1.35.